The Bertz CT molecular complexity index is 1070. The highest BCUT2D eigenvalue weighted by Crippen LogP contribution is 2.50. The van der Waals surface area contributed by atoms with Crippen molar-refractivity contribution in [3.63, 3.8) is 0 Å². The van der Waals surface area contributed by atoms with Gasteiger partial charge in [0.1, 0.15) is 5.56 Å². The Balaban J connectivity index is 1.61. The SMILES string of the molecule is C=Cc1ccc2c(c1)CCC1=C2NOC1(O)c1noc(C2CCCCC2)c1C(F)(F)F. The van der Waals surface area contributed by atoms with Gasteiger partial charge in [0.05, 0.1) is 5.70 Å². The van der Waals surface area contributed by atoms with Gasteiger partial charge in [0.15, 0.2) is 11.5 Å². The number of aryl methyl sites for hydroxylation is 1. The topological polar surface area (TPSA) is 67.5 Å². The smallest absolute Gasteiger partial charge is 0.360 e. The predicted octanol–water partition coefficient (Wildman–Crippen LogP) is 5.42. The number of fused-ring (bicyclic) bond motifs is 2. The van der Waals surface area contributed by atoms with Gasteiger partial charge in [-0.2, -0.15) is 13.2 Å². The quantitative estimate of drug-likeness (QED) is 0.678. The van der Waals surface area contributed by atoms with Gasteiger partial charge in [-0.3, -0.25) is 5.48 Å². The summed E-state index contributed by atoms with van der Waals surface area (Å²) in [7, 11) is 0. The first-order chi connectivity index (χ1) is 14.8. The molecule has 2 aliphatic carbocycles. The number of benzene rings is 1. The number of nitrogens with one attached hydrogen (secondary N) is 1. The summed E-state index contributed by atoms with van der Waals surface area (Å²) >= 11 is 0. The molecule has 1 unspecified atom stereocenters. The van der Waals surface area contributed by atoms with Gasteiger partial charge in [0, 0.05) is 17.1 Å². The van der Waals surface area contributed by atoms with E-state index in [1.807, 2.05) is 18.2 Å². The van der Waals surface area contributed by atoms with E-state index in [1.165, 1.54) is 0 Å². The van der Waals surface area contributed by atoms with Gasteiger partial charge in [-0.1, -0.05) is 55.3 Å². The Morgan fingerprint density at radius 1 is 1.19 bits per heavy atom. The summed E-state index contributed by atoms with van der Waals surface area (Å²) in [5.74, 6) is -2.90. The van der Waals surface area contributed by atoms with Crippen LogP contribution in [-0.4, -0.2) is 10.3 Å². The first-order valence-electron chi connectivity index (χ1n) is 10.6. The van der Waals surface area contributed by atoms with E-state index in [2.05, 4.69) is 17.2 Å². The van der Waals surface area contributed by atoms with Crippen LogP contribution < -0.4 is 5.48 Å². The standard InChI is InChI=1S/C23H23F3N2O3/c1-2-13-8-10-16-15(12-13)9-11-17-19(16)27-31-22(17,29)21-18(23(24,25)26)20(30-28-21)14-6-4-3-5-7-14/h2,8,10,12,14,27,29H,1,3-7,9,11H2. The Labute approximate surface area is 177 Å². The molecule has 0 saturated heterocycles. The second-order valence-corrected chi connectivity index (χ2v) is 8.43. The zero-order valence-corrected chi connectivity index (χ0v) is 16.9. The fourth-order valence-corrected chi connectivity index (χ4v) is 5.02. The molecule has 3 aliphatic rings. The lowest BCUT2D eigenvalue weighted by atomic mass is 9.82. The number of hydrogen-bond donors (Lipinski definition) is 2. The maximum Gasteiger partial charge on any atom is 0.421 e. The van der Waals surface area contributed by atoms with E-state index in [0.717, 1.165) is 36.0 Å². The van der Waals surface area contributed by atoms with E-state index >= 15 is 0 Å². The lowest BCUT2D eigenvalue weighted by Crippen LogP contribution is -2.33. The van der Waals surface area contributed by atoms with Crippen molar-refractivity contribution in [2.45, 2.75) is 62.8 Å². The summed E-state index contributed by atoms with van der Waals surface area (Å²) in [6, 6.07) is 5.69. The van der Waals surface area contributed by atoms with Gasteiger partial charge in [0.2, 0.25) is 0 Å². The molecular weight excluding hydrogens is 409 g/mol. The molecule has 1 atom stereocenters. The van der Waals surface area contributed by atoms with Crippen LogP contribution in [-0.2, 0) is 23.2 Å². The lowest BCUT2D eigenvalue weighted by molar-refractivity contribution is -0.205. The summed E-state index contributed by atoms with van der Waals surface area (Å²) in [5.41, 5.74) is 4.59. The van der Waals surface area contributed by atoms with Gasteiger partial charge in [0.25, 0.3) is 5.79 Å². The van der Waals surface area contributed by atoms with Crippen molar-refractivity contribution in [2.75, 3.05) is 0 Å². The van der Waals surface area contributed by atoms with Crippen LogP contribution in [0.25, 0.3) is 11.8 Å². The molecule has 1 aromatic carbocycles. The number of halogens is 3. The van der Waals surface area contributed by atoms with E-state index in [1.54, 1.807) is 6.08 Å². The van der Waals surface area contributed by atoms with Gasteiger partial charge in [-0.25, -0.2) is 4.84 Å². The van der Waals surface area contributed by atoms with Crippen LogP contribution in [0, 0.1) is 0 Å². The van der Waals surface area contributed by atoms with Crippen LogP contribution in [0.2, 0.25) is 0 Å². The average molecular weight is 432 g/mol. The molecule has 8 heteroatoms. The van der Waals surface area contributed by atoms with Crippen molar-refractivity contribution in [1.29, 1.82) is 0 Å². The first-order valence-corrected chi connectivity index (χ1v) is 10.6. The fourth-order valence-electron chi connectivity index (χ4n) is 5.02. The minimum atomic E-state index is -4.73. The van der Waals surface area contributed by atoms with Gasteiger partial charge < -0.3 is 9.63 Å². The summed E-state index contributed by atoms with van der Waals surface area (Å²) in [5, 5.41) is 15.1. The van der Waals surface area contributed by atoms with Crippen molar-refractivity contribution in [3.8, 4) is 0 Å². The number of nitrogens with zero attached hydrogens (tertiary/aromatic N) is 1. The van der Waals surface area contributed by atoms with E-state index in [4.69, 9.17) is 9.36 Å². The minimum Gasteiger partial charge on any atom is -0.360 e. The summed E-state index contributed by atoms with van der Waals surface area (Å²) in [6.07, 6.45) is 1.81. The van der Waals surface area contributed by atoms with E-state index in [-0.39, 0.29) is 11.7 Å². The molecule has 2 aromatic rings. The molecule has 5 rings (SSSR count). The molecule has 5 nitrogen and oxygen atoms in total. The number of aromatic nitrogens is 1. The van der Waals surface area contributed by atoms with Crippen LogP contribution in [0.3, 0.4) is 0 Å². The maximum atomic E-state index is 14.2. The largest absolute Gasteiger partial charge is 0.421 e. The molecule has 164 valence electrons. The maximum absolute atomic E-state index is 14.2. The highest BCUT2D eigenvalue weighted by Gasteiger charge is 2.54. The molecule has 0 amide bonds. The van der Waals surface area contributed by atoms with Crippen LogP contribution in [0.5, 0.6) is 0 Å². The zero-order chi connectivity index (χ0) is 21.8. The number of aliphatic hydroxyl groups is 1. The summed E-state index contributed by atoms with van der Waals surface area (Å²) < 4.78 is 47.7. The van der Waals surface area contributed by atoms with Crippen LogP contribution in [0.1, 0.15) is 78.2 Å². The van der Waals surface area contributed by atoms with Crippen molar-refractivity contribution in [3.05, 3.63) is 64.1 Å². The Morgan fingerprint density at radius 3 is 2.68 bits per heavy atom. The molecule has 1 fully saturated rings. The van der Waals surface area contributed by atoms with Crippen molar-refractivity contribution in [1.82, 2.24) is 10.6 Å². The molecule has 2 N–H and O–H groups in total. The van der Waals surface area contributed by atoms with Crippen molar-refractivity contribution >= 4 is 11.8 Å². The van der Waals surface area contributed by atoms with Crippen LogP contribution in [0.15, 0.2) is 34.9 Å². The Kier molecular flexibility index (Phi) is 4.75. The first kappa shape index (κ1) is 20.3. The van der Waals surface area contributed by atoms with Gasteiger partial charge in [-0.15, -0.1) is 0 Å². The fraction of sp³-hybridized carbons (Fsp3) is 0.435. The highest BCUT2D eigenvalue weighted by molar-refractivity contribution is 5.75. The molecule has 1 aromatic heterocycles. The van der Waals surface area contributed by atoms with E-state index in [0.29, 0.717) is 37.0 Å². The second-order valence-electron chi connectivity index (χ2n) is 8.43. The molecule has 0 bridgehead atoms. The van der Waals surface area contributed by atoms with E-state index < -0.39 is 23.2 Å². The summed E-state index contributed by atoms with van der Waals surface area (Å²) in [6.45, 7) is 3.76. The third-order valence-electron chi connectivity index (χ3n) is 6.59. The van der Waals surface area contributed by atoms with E-state index in [9.17, 15) is 18.3 Å². The monoisotopic (exact) mass is 432 g/mol. The highest BCUT2D eigenvalue weighted by atomic mass is 19.4. The van der Waals surface area contributed by atoms with Crippen molar-refractivity contribution in [2.24, 2.45) is 0 Å². The van der Waals surface area contributed by atoms with Gasteiger partial charge >= 0.3 is 6.18 Å². The Hall–Kier alpha value is -2.58. The van der Waals surface area contributed by atoms with Crippen LogP contribution in [0.4, 0.5) is 13.2 Å². The third kappa shape index (κ3) is 3.20. The lowest BCUT2D eigenvalue weighted by Gasteiger charge is -2.26. The third-order valence-corrected chi connectivity index (χ3v) is 6.59. The van der Waals surface area contributed by atoms with Gasteiger partial charge in [-0.05, 0) is 36.8 Å². The molecule has 2 heterocycles. The number of hydroxylamine groups is 1. The molecule has 1 aliphatic heterocycles. The number of alkyl halides is 3. The molecular formula is C23H23F3N2O3. The second kappa shape index (κ2) is 7.24. The normalized spacial score (nSPS) is 24.0. The predicted molar refractivity (Wildman–Crippen MR) is 107 cm³/mol. The zero-order valence-electron chi connectivity index (χ0n) is 16.9. The molecule has 1 saturated carbocycles. The summed E-state index contributed by atoms with van der Waals surface area (Å²) in [4.78, 5) is 5.41. The number of rotatable bonds is 3. The number of hydrogen-bond acceptors (Lipinski definition) is 5. The van der Waals surface area contributed by atoms with Crippen molar-refractivity contribution < 1.29 is 27.6 Å². The molecule has 0 radical (unpaired) electrons. The minimum absolute atomic E-state index is 0.194. The Morgan fingerprint density at radius 2 is 1.97 bits per heavy atom. The molecule has 31 heavy (non-hydrogen) atoms. The molecule has 0 spiro atoms. The average Bonchev–Trinajstić information content (AvgIpc) is 3.37. The van der Waals surface area contributed by atoms with Crippen LogP contribution >= 0.6 is 0 Å².